The molecule has 2 fully saturated rings. The first-order chi connectivity index (χ1) is 16.0. The number of benzene rings is 1. The third-order valence-electron chi connectivity index (χ3n) is 8.17. The molecular formula is C27H37N3O3. The molecule has 2 heterocycles. The molecule has 2 aromatic rings. The van der Waals surface area contributed by atoms with Gasteiger partial charge < -0.3 is 19.5 Å². The second kappa shape index (κ2) is 9.03. The molecule has 1 atom stereocenters. The molecule has 1 aliphatic heterocycles. The van der Waals surface area contributed by atoms with Gasteiger partial charge in [0, 0.05) is 23.5 Å². The monoisotopic (exact) mass is 451 g/mol. The van der Waals surface area contributed by atoms with Crippen LogP contribution >= 0.6 is 0 Å². The number of amides is 2. The molecule has 2 saturated carbocycles. The van der Waals surface area contributed by atoms with Crippen molar-refractivity contribution in [3.05, 3.63) is 30.0 Å². The van der Waals surface area contributed by atoms with E-state index in [2.05, 4.69) is 5.32 Å². The molecule has 5 rings (SSSR count). The molecule has 6 nitrogen and oxygen atoms in total. The highest BCUT2D eigenvalue weighted by molar-refractivity contribution is 6.04. The SMILES string of the molecule is COc1ccc2cc3n(c2c1)CC(C)(C(=O)NC1CCCCCCC1)N(C1CCCC1)C3=O. The summed E-state index contributed by atoms with van der Waals surface area (Å²) >= 11 is 0. The van der Waals surface area contributed by atoms with Crippen LogP contribution in [0, 0.1) is 0 Å². The number of hydrogen-bond acceptors (Lipinski definition) is 3. The molecule has 1 N–H and O–H groups in total. The van der Waals surface area contributed by atoms with Crippen LogP contribution in [0.15, 0.2) is 24.3 Å². The fourth-order valence-corrected chi connectivity index (χ4v) is 6.29. The zero-order valence-electron chi connectivity index (χ0n) is 20.1. The number of hydrogen-bond donors (Lipinski definition) is 1. The second-order valence-corrected chi connectivity index (χ2v) is 10.4. The van der Waals surface area contributed by atoms with Crippen molar-refractivity contribution in [1.82, 2.24) is 14.8 Å². The third-order valence-corrected chi connectivity index (χ3v) is 8.17. The first kappa shape index (κ1) is 22.3. The van der Waals surface area contributed by atoms with E-state index in [1.807, 2.05) is 40.7 Å². The number of methoxy groups -OCH3 is 1. The van der Waals surface area contributed by atoms with E-state index in [0.717, 1.165) is 55.2 Å². The van der Waals surface area contributed by atoms with Gasteiger partial charge in [0.05, 0.1) is 19.2 Å². The van der Waals surface area contributed by atoms with E-state index in [-0.39, 0.29) is 23.9 Å². The Balaban J connectivity index is 1.52. The standard InChI is InChI=1S/C27H37N3O3/c1-27(26(32)28-20-10-6-4-3-5-7-11-20)18-29-23-17-22(33-2)15-14-19(23)16-24(29)25(31)30(27)21-12-8-9-13-21/h14-17,20-21H,3-13,18H2,1-2H3,(H,28,32). The molecular weight excluding hydrogens is 414 g/mol. The molecule has 1 unspecified atom stereocenters. The lowest BCUT2D eigenvalue weighted by molar-refractivity contribution is -0.135. The van der Waals surface area contributed by atoms with Crippen LogP contribution in [0.2, 0.25) is 0 Å². The summed E-state index contributed by atoms with van der Waals surface area (Å²) in [7, 11) is 1.65. The second-order valence-electron chi connectivity index (χ2n) is 10.4. The molecule has 0 saturated heterocycles. The Hall–Kier alpha value is -2.50. The van der Waals surface area contributed by atoms with Crippen molar-refractivity contribution < 1.29 is 14.3 Å². The van der Waals surface area contributed by atoms with E-state index in [4.69, 9.17) is 4.74 Å². The van der Waals surface area contributed by atoms with Crippen LogP contribution in [0.25, 0.3) is 10.9 Å². The maximum atomic E-state index is 13.9. The minimum atomic E-state index is -0.906. The highest BCUT2D eigenvalue weighted by Gasteiger charge is 2.51. The Bertz CT molecular complexity index is 1030. The van der Waals surface area contributed by atoms with Gasteiger partial charge in [0.1, 0.15) is 17.0 Å². The van der Waals surface area contributed by atoms with Gasteiger partial charge in [-0.3, -0.25) is 9.59 Å². The highest BCUT2D eigenvalue weighted by Crippen LogP contribution is 2.38. The van der Waals surface area contributed by atoms with Crippen LogP contribution in [0.5, 0.6) is 5.75 Å². The number of nitrogens with one attached hydrogen (secondary N) is 1. The van der Waals surface area contributed by atoms with Gasteiger partial charge in [0.15, 0.2) is 0 Å². The van der Waals surface area contributed by atoms with Crippen LogP contribution < -0.4 is 10.1 Å². The van der Waals surface area contributed by atoms with Crippen molar-refractivity contribution in [3.8, 4) is 5.75 Å². The van der Waals surface area contributed by atoms with Crippen molar-refractivity contribution in [2.45, 2.75) is 102 Å². The summed E-state index contributed by atoms with van der Waals surface area (Å²) in [6.45, 7) is 2.45. The van der Waals surface area contributed by atoms with E-state index >= 15 is 0 Å². The summed E-state index contributed by atoms with van der Waals surface area (Å²) in [5, 5.41) is 4.40. The maximum Gasteiger partial charge on any atom is 0.271 e. The minimum Gasteiger partial charge on any atom is -0.497 e. The van der Waals surface area contributed by atoms with Gasteiger partial charge in [-0.05, 0) is 50.8 Å². The zero-order chi connectivity index (χ0) is 23.0. The van der Waals surface area contributed by atoms with E-state index in [1.165, 1.54) is 32.1 Å². The molecule has 1 aromatic heterocycles. The Kier molecular flexibility index (Phi) is 6.11. The summed E-state index contributed by atoms with van der Waals surface area (Å²) in [5.41, 5.74) is 0.728. The average molecular weight is 452 g/mol. The van der Waals surface area contributed by atoms with Gasteiger partial charge >= 0.3 is 0 Å². The molecule has 2 amide bonds. The fourth-order valence-electron chi connectivity index (χ4n) is 6.29. The number of aromatic nitrogens is 1. The molecule has 0 spiro atoms. The van der Waals surface area contributed by atoms with Crippen LogP contribution in [-0.2, 0) is 11.3 Å². The predicted octanol–water partition coefficient (Wildman–Crippen LogP) is 5.04. The van der Waals surface area contributed by atoms with Gasteiger partial charge in [-0.15, -0.1) is 0 Å². The summed E-state index contributed by atoms with van der Waals surface area (Å²) in [4.78, 5) is 29.8. The number of ether oxygens (including phenoxy) is 1. The zero-order valence-corrected chi connectivity index (χ0v) is 20.1. The molecule has 1 aromatic carbocycles. The Labute approximate surface area is 196 Å². The molecule has 0 radical (unpaired) electrons. The van der Waals surface area contributed by atoms with Gasteiger partial charge in [0.25, 0.3) is 5.91 Å². The normalized spacial score (nSPS) is 25.0. The third kappa shape index (κ3) is 4.02. The Morgan fingerprint density at radius 2 is 1.67 bits per heavy atom. The molecule has 2 aliphatic carbocycles. The lowest BCUT2D eigenvalue weighted by Crippen LogP contribution is -2.67. The quantitative estimate of drug-likeness (QED) is 0.709. The lowest BCUT2D eigenvalue weighted by atomic mass is 9.90. The summed E-state index contributed by atoms with van der Waals surface area (Å²) in [6.07, 6.45) is 12.4. The Morgan fingerprint density at radius 3 is 2.36 bits per heavy atom. The van der Waals surface area contributed by atoms with Crippen LogP contribution in [-0.4, -0.2) is 46.0 Å². The molecule has 0 bridgehead atoms. The number of carbonyl (C=O) groups excluding carboxylic acids is 2. The van der Waals surface area contributed by atoms with Crippen molar-refractivity contribution in [2.75, 3.05) is 7.11 Å². The van der Waals surface area contributed by atoms with Crippen LogP contribution in [0.1, 0.15) is 88.0 Å². The molecule has 6 heteroatoms. The number of rotatable bonds is 4. The fraction of sp³-hybridized carbons (Fsp3) is 0.630. The molecule has 3 aliphatic rings. The van der Waals surface area contributed by atoms with Gasteiger partial charge in [-0.2, -0.15) is 0 Å². The van der Waals surface area contributed by atoms with Gasteiger partial charge in [-0.25, -0.2) is 0 Å². The minimum absolute atomic E-state index is 0.00344. The predicted molar refractivity (Wildman–Crippen MR) is 130 cm³/mol. The molecule has 178 valence electrons. The topological polar surface area (TPSA) is 63.6 Å². The smallest absolute Gasteiger partial charge is 0.271 e. The van der Waals surface area contributed by atoms with Crippen molar-refractivity contribution in [2.24, 2.45) is 0 Å². The van der Waals surface area contributed by atoms with Crippen LogP contribution in [0.3, 0.4) is 0 Å². The first-order valence-electron chi connectivity index (χ1n) is 12.8. The van der Waals surface area contributed by atoms with Gasteiger partial charge in [0.2, 0.25) is 5.91 Å². The lowest BCUT2D eigenvalue weighted by Gasteiger charge is -2.47. The Morgan fingerprint density at radius 1 is 1.00 bits per heavy atom. The number of nitrogens with zero attached hydrogens (tertiary/aromatic N) is 2. The summed E-state index contributed by atoms with van der Waals surface area (Å²) in [5.74, 6) is 0.747. The van der Waals surface area contributed by atoms with Crippen LogP contribution in [0.4, 0.5) is 0 Å². The maximum absolute atomic E-state index is 13.9. The largest absolute Gasteiger partial charge is 0.497 e. The summed E-state index contributed by atoms with van der Waals surface area (Å²) in [6, 6.07) is 8.22. The van der Waals surface area contributed by atoms with E-state index in [9.17, 15) is 9.59 Å². The van der Waals surface area contributed by atoms with Gasteiger partial charge in [-0.1, -0.05) is 44.9 Å². The van der Waals surface area contributed by atoms with Crippen molar-refractivity contribution in [3.63, 3.8) is 0 Å². The highest BCUT2D eigenvalue weighted by atomic mass is 16.5. The van der Waals surface area contributed by atoms with E-state index < -0.39 is 5.54 Å². The number of fused-ring (bicyclic) bond motifs is 3. The van der Waals surface area contributed by atoms with E-state index in [1.54, 1.807) is 7.11 Å². The number of carbonyl (C=O) groups is 2. The van der Waals surface area contributed by atoms with E-state index in [0.29, 0.717) is 12.2 Å². The first-order valence-corrected chi connectivity index (χ1v) is 12.8. The average Bonchev–Trinajstić information content (AvgIpc) is 3.43. The molecule has 33 heavy (non-hydrogen) atoms. The van der Waals surface area contributed by atoms with Crippen molar-refractivity contribution in [1.29, 1.82) is 0 Å². The van der Waals surface area contributed by atoms with Crippen molar-refractivity contribution >= 4 is 22.7 Å². The summed E-state index contributed by atoms with van der Waals surface area (Å²) < 4.78 is 7.49.